The number of anilines is 1. The van der Waals surface area contributed by atoms with Crippen LogP contribution in [0.15, 0.2) is 18.2 Å². The fraction of sp³-hybridized carbons (Fsp3) is 0.533. The van der Waals surface area contributed by atoms with Gasteiger partial charge < -0.3 is 11.1 Å². The Morgan fingerprint density at radius 1 is 1.32 bits per heavy atom. The number of amides is 1. The molecule has 19 heavy (non-hydrogen) atoms. The number of nitrogen functional groups attached to an aromatic ring is 1. The molecule has 1 fully saturated rings. The summed E-state index contributed by atoms with van der Waals surface area (Å²) in [6.45, 7) is 4.50. The standard InChI is InChI=1S/C15H21FN2O/c1-15(2)5-3-13(4-6-15)18-14(19)10-7-11(16)9-12(17)8-10/h7-9,13H,3-6,17H2,1-2H3,(H,18,19). The predicted octanol–water partition coefficient (Wildman–Crippen LogP) is 3.11. The van der Waals surface area contributed by atoms with E-state index in [9.17, 15) is 9.18 Å². The Morgan fingerprint density at radius 2 is 1.95 bits per heavy atom. The quantitative estimate of drug-likeness (QED) is 0.806. The molecule has 0 radical (unpaired) electrons. The Bertz CT molecular complexity index is 455. The summed E-state index contributed by atoms with van der Waals surface area (Å²) in [6, 6.07) is 4.12. The number of rotatable bonds is 2. The lowest BCUT2D eigenvalue weighted by atomic mass is 9.75. The molecule has 1 aromatic carbocycles. The van der Waals surface area contributed by atoms with Gasteiger partial charge in [-0.3, -0.25) is 4.79 Å². The number of hydrogen-bond acceptors (Lipinski definition) is 2. The van der Waals surface area contributed by atoms with Crippen molar-refractivity contribution in [1.29, 1.82) is 0 Å². The van der Waals surface area contributed by atoms with Crippen LogP contribution in [-0.2, 0) is 0 Å². The van der Waals surface area contributed by atoms with E-state index < -0.39 is 5.82 Å². The zero-order chi connectivity index (χ0) is 14.0. The maximum absolute atomic E-state index is 13.2. The molecule has 0 atom stereocenters. The lowest BCUT2D eigenvalue weighted by molar-refractivity contribution is 0.0908. The lowest BCUT2D eigenvalue weighted by Gasteiger charge is -2.34. The minimum Gasteiger partial charge on any atom is -0.399 e. The highest BCUT2D eigenvalue weighted by Gasteiger charge is 2.27. The smallest absolute Gasteiger partial charge is 0.251 e. The number of hydrogen-bond donors (Lipinski definition) is 2. The second-order valence-electron chi connectivity index (χ2n) is 6.19. The van der Waals surface area contributed by atoms with Crippen LogP contribution in [0.4, 0.5) is 10.1 Å². The molecule has 0 aliphatic heterocycles. The first-order valence-electron chi connectivity index (χ1n) is 6.73. The van der Waals surface area contributed by atoms with Crippen molar-refractivity contribution in [2.24, 2.45) is 5.41 Å². The van der Waals surface area contributed by atoms with Crippen LogP contribution in [0.2, 0.25) is 0 Å². The van der Waals surface area contributed by atoms with E-state index in [0.717, 1.165) is 25.7 Å². The molecule has 1 aliphatic carbocycles. The number of nitrogens with two attached hydrogens (primary N) is 1. The normalized spacial score (nSPS) is 19.1. The fourth-order valence-corrected chi connectivity index (χ4v) is 2.56. The second-order valence-corrected chi connectivity index (χ2v) is 6.19. The van der Waals surface area contributed by atoms with E-state index in [1.165, 1.54) is 18.2 Å². The van der Waals surface area contributed by atoms with Gasteiger partial charge in [-0.15, -0.1) is 0 Å². The largest absolute Gasteiger partial charge is 0.399 e. The number of nitrogens with one attached hydrogen (secondary N) is 1. The number of carbonyl (C=O) groups excluding carboxylic acids is 1. The van der Waals surface area contributed by atoms with E-state index in [2.05, 4.69) is 19.2 Å². The fourth-order valence-electron chi connectivity index (χ4n) is 2.56. The summed E-state index contributed by atoms with van der Waals surface area (Å²) in [5, 5.41) is 2.97. The number of carbonyl (C=O) groups is 1. The third kappa shape index (κ3) is 3.69. The average Bonchev–Trinajstić information content (AvgIpc) is 2.30. The maximum atomic E-state index is 13.2. The third-order valence-electron chi connectivity index (χ3n) is 3.86. The molecular weight excluding hydrogens is 243 g/mol. The number of halogens is 1. The maximum Gasteiger partial charge on any atom is 0.251 e. The molecule has 0 spiro atoms. The summed E-state index contributed by atoms with van der Waals surface area (Å²) in [5.41, 5.74) is 6.48. The van der Waals surface area contributed by atoms with Gasteiger partial charge in [0.25, 0.3) is 5.91 Å². The molecule has 1 saturated carbocycles. The molecule has 0 heterocycles. The van der Waals surface area contributed by atoms with Crippen LogP contribution in [-0.4, -0.2) is 11.9 Å². The van der Waals surface area contributed by atoms with Gasteiger partial charge >= 0.3 is 0 Å². The summed E-state index contributed by atoms with van der Waals surface area (Å²) < 4.78 is 13.2. The molecule has 1 aromatic rings. The van der Waals surface area contributed by atoms with Crippen LogP contribution in [0.5, 0.6) is 0 Å². The van der Waals surface area contributed by atoms with Crippen LogP contribution in [0.1, 0.15) is 49.9 Å². The number of benzene rings is 1. The van der Waals surface area contributed by atoms with Crippen LogP contribution in [0.3, 0.4) is 0 Å². The van der Waals surface area contributed by atoms with Crippen LogP contribution < -0.4 is 11.1 Å². The van der Waals surface area contributed by atoms with E-state index in [0.29, 0.717) is 11.0 Å². The van der Waals surface area contributed by atoms with Gasteiger partial charge in [-0.05, 0) is 49.3 Å². The SMILES string of the molecule is CC1(C)CCC(NC(=O)c2cc(N)cc(F)c2)CC1. The Morgan fingerprint density at radius 3 is 2.53 bits per heavy atom. The van der Waals surface area contributed by atoms with Gasteiger partial charge in [0.15, 0.2) is 0 Å². The molecule has 2 rings (SSSR count). The minimum atomic E-state index is -0.477. The topological polar surface area (TPSA) is 55.1 Å². The Balaban J connectivity index is 1.98. The van der Waals surface area contributed by atoms with Crippen molar-refractivity contribution in [3.63, 3.8) is 0 Å². The van der Waals surface area contributed by atoms with Crippen molar-refractivity contribution in [2.75, 3.05) is 5.73 Å². The van der Waals surface area contributed by atoms with Gasteiger partial charge in [0.1, 0.15) is 5.82 Å². The molecule has 3 nitrogen and oxygen atoms in total. The van der Waals surface area contributed by atoms with Crippen LogP contribution in [0.25, 0.3) is 0 Å². The molecule has 104 valence electrons. The highest BCUT2D eigenvalue weighted by Crippen LogP contribution is 2.35. The predicted molar refractivity (Wildman–Crippen MR) is 74.3 cm³/mol. The lowest BCUT2D eigenvalue weighted by Crippen LogP contribution is -2.39. The molecule has 1 amide bonds. The summed E-state index contributed by atoms with van der Waals surface area (Å²) in [6.07, 6.45) is 4.15. The van der Waals surface area contributed by atoms with Gasteiger partial charge in [-0.25, -0.2) is 4.39 Å². The zero-order valence-corrected chi connectivity index (χ0v) is 11.5. The summed E-state index contributed by atoms with van der Waals surface area (Å²) >= 11 is 0. The summed E-state index contributed by atoms with van der Waals surface area (Å²) in [7, 11) is 0. The van der Waals surface area contributed by atoms with Crippen molar-refractivity contribution >= 4 is 11.6 Å². The average molecular weight is 264 g/mol. The van der Waals surface area contributed by atoms with E-state index >= 15 is 0 Å². The van der Waals surface area contributed by atoms with Gasteiger partial charge in [0.05, 0.1) is 0 Å². The molecule has 3 N–H and O–H groups in total. The first-order chi connectivity index (χ1) is 8.85. The summed E-state index contributed by atoms with van der Waals surface area (Å²) in [4.78, 5) is 12.0. The molecule has 0 saturated heterocycles. The van der Waals surface area contributed by atoms with Crippen LogP contribution >= 0.6 is 0 Å². The molecule has 0 bridgehead atoms. The Kier molecular flexibility index (Phi) is 3.78. The van der Waals surface area contributed by atoms with Gasteiger partial charge in [0, 0.05) is 17.3 Å². The van der Waals surface area contributed by atoms with Gasteiger partial charge in [0.2, 0.25) is 0 Å². The van der Waals surface area contributed by atoms with E-state index in [-0.39, 0.29) is 17.6 Å². The first kappa shape index (κ1) is 13.8. The van der Waals surface area contributed by atoms with E-state index in [4.69, 9.17) is 5.73 Å². The second kappa shape index (κ2) is 5.19. The van der Waals surface area contributed by atoms with Crippen molar-refractivity contribution < 1.29 is 9.18 Å². The molecule has 0 aromatic heterocycles. The minimum absolute atomic E-state index is 0.185. The molecule has 0 unspecified atom stereocenters. The summed E-state index contributed by atoms with van der Waals surface area (Å²) in [5.74, 6) is -0.717. The first-order valence-corrected chi connectivity index (χ1v) is 6.73. The van der Waals surface area contributed by atoms with Crippen LogP contribution in [0, 0.1) is 11.2 Å². The Labute approximate surface area is 113 Å². The van der Waals surface area contributed by atoms with E-state index in [1.807, 2.05) is 0 Å². The van der Waals surface area contributed by atoms with Crippen molar-refractivity contribution in [3.8, 4) is 0 Å². The highest BCUT2D eigenvalue weighted by atomic mass is 19.1. The molecule has 4 heteroatoms. The third-order valence-corrected chi connectivity index (χ3v) is 3.86. The Hall–Kier alpha value is -1.58. The molecule has 1 aliphatic rings. The van der Waals surface area contributed by atoms with Crippen molar-refractivity contribution in [3.05, 3.63) is 29.6 Å². The monoisotopic (exact) mass is 264 g/mol. The van der Waals surface area contributed by atoms with Crippen molar-refractivity contribution in [1.82, 2.24) is 5.32 Å². The zero-order valence-electron chi connectivity index (χ0n) is 11.5. The highest BCUT2D eigenvalue weighted by molar-refractivity contribution is 5.95. The van der Waals surface area contributed by atoms with Gasteiger partial charge in [-0.1, -0.05) is 13.8 Å². The van der Waals surface area contributed by atoms with E-state index in [1.54, 1.807) is 0 Å². The molecular formula is C15H21FN2O. The van der Waals surface area contributed by atoms with Crippen molar-refractivity contribution in [2.45, 2.75) is 45.6 Å². The van der Waals surface area contributed by atoms with Gasteiger partial charge in [-0.2, -0.15) is 0 Å².